The van der Waals surface area contributed by atoms with Crippen molar-refractivity contribution in [3.8, 4) is 0 Å². The fourth-order valence-electron chi connectivity index (χ4n) is 2.38. The maximum atomic E-state index is 11.6. The van der Waals surface area contributed by atoms with Crippen LogP contribution in [0.15, 0.2) is 27.9 Å². The molecule has 0 fully saturated rings. The highest BCUT2D eigenvalue weighted by atomic mass is 32.2. The summed E-state index contributed by atoms with van der Waals surface area (Å²) in [5, 5.41) is 15.3. The second kappa shape index (κ2) is 8.81. The smallest absolute Gasteiger partial charge is 0.225 e. The molecular weight excluding hydrogens is 398 g/mol. The number of carbonyl (C=O) groups excluding carboxylic acids is 1. The number of amides is 1. The summed E-state index contributed by atoms with van der Waals surface area (Å²) in [7, 11) is 0. The fourth-order valence-corrected chi connectivity index (χ4v) is 5.08. The molecule has 0 aliphatic rings. The second-order valence-electron chi connectivity index (χ2n) is 5.97. The molecule has 9 heteroatoms. The van der Waals surface area contributed by atoms with E-state index in [9.17, 15) is 4.79 Å². The number of aromatic nitrogens is 3. The molecule has 1 amide bonds. The van der Waals surface area contributed by atoms with Crippen LogP contribution >= 0.6 is 34.4 Å². The number of hydrogen-bond donors (Lipinski definition) is 1. The molecule has 3 rings (SSSR count). The highest BCUT2D eigenvalue weighted by Gasteiger charge is 2.14. The van der Waals surface area contributed by atoms with Gasteiger partial charge in [-0.3, -0.25) is 9.69 Å². The highest BCUT2D eigenvalue weighted by molar-refractivity contribution is 8.00. The van der Waals surface area contributed by atoms with Crippen molar-refractivity contribution in [3.05, 3.63) is 40.4 Å². The van der Waals surface area contributed by atoms with Gasteiger partial charge >= 0.3 is 0 Å². The van der Waals surface area contributed by atoms with E-state index in [1.807, 2.05) is 18.4 Å². The van der Waals surface area contributed by atoms with Gasteiger partial charge in [0.15, 0.2) is 9.47 Å². The van der Waals surface area contributed by atoms with Crippen LogP contribution in [0, 0.1) is 13.8 Å². The summed E-state index contributed by atoms with van der Waals surface area (Å²) in [5.74, 6) is 0.710. The van der Waals surface area contributed by atoms with Crippen LogP contribution < -0.4 is 10.2 Å². The van der Waals surface area contributed by atoms with E-state index in [-0.39, 0.29) is 5.91 Å². The minimum atomic E-state index is 0.0113. The molecule has 0 atom stereocenters. The van der Waals surface area contributed by atoms with Gasteiger partial charge in [0.05, 0.1) is 5.69 Å². The molecule has 27 heavy (non-hydrogen) atoms. The maximum absolute atomic E-state index is 11.6. The number of benzene rings is 1. The minimum absolute atomic E-state index is 0.0113. The van der Waals surface area contributed by atoms with Gasteiger partial charge in [-0.1, -0.05) is 29.2 Å². The van der Waals surface area contributed by atoms with E-state index in [2.05, 4.69) is 46.5 Å². The molecule has 1 aromatic carbocycles. The molecule has 0 saturated heterocycles. The van der Waals surface area contributed by atoms with Crippen LogP contribution in [-0.4, -0.2) is 27.6 Å². The molecule has 6 nitrogen and oxygen atoms in total. The third kappa shape index (κ3) is 5.06. The Hall–Kier alpha value is -1.97. The molecule has 0 spiro atoms. The molecule has 0 aliphatic heterocycles. The number of thioether (sulfide) groups is 1. The number of aryl methyl sites for hydroxylation is 2. The molecule has 142 valence electrons. The Kier molecular flexibility index (Phi) is 6.46. The van der Waals surface area contributed by atoms with Crippen LogP contribution in [0.4, 0.5) is 16.0 Å². The van der Waals surface area contributed by atoms with Crippen LogP contribution in [0.1, 0.15) is 30.7 Å². The monoisotopic (exact) mass is 419 g/mol. The molecule has 0 radical (unpaired) electrons. The zero-order chi connectivity index (χ0) is 19.4. The molecule has 1 N–H and O–H groups in total. The molecule has 0 aliphatic carbocycles. The van der Waals surface area contributed by atoms with Crippen LogP contribution in [0.3, 0.4) is 0 Å². The van der Waals surface area contributed by atoms with E-state index in [0.29, 0.717) is 12.3 Å². The van der Waals surface area contributed by atoms with E-state index < -0.39 is 0 Å². The first-order valence-corrected chi connectivity index (χ1v) is 11.2. The summed E-state index contributed by atoms with van der Waals surface area (Å²) in [5.41, 5.74) is 4.46. The Morgan fingerprint density at radius 3 is 2.78 bits per heavy atom. The van der Waals surface area contributed by atoms with Crippen molar-refractivity contribution < 1.29 is 4.79 Å². The average Bonchev–Trinajstić information content (AvgIpc) is 3.26. The Bertz CT molecular complexity index is 937. The Morgan fingerprint density at radius 2 is 2.07 bits per heavy atom. The van der Waals surface area contributed by atoms with Gasteiger partial charge in [0.2, 0.25) is 11.0 Å². The molecule has 0 bridgehead atoms. The first-order valence-electron chi connectivity index (χ1n) is 8.49. The van der Waals surface area contributed by atoms with Crippen LogP contribution in [0.25, 0.3) is 0 Å². The van der Waals surface area contributed by atoms with Crippen LogP contribution in [-0.2, 0) is 10.5 Å². The number of thiazole rings is 1. The van der Waals surface area contributed by atoms with Gasteiger partial charge in [-0.05, 0) is 44.0 Å². The lowest BCUT2D eigenvalue weighted by Gasteiger charge is -2.14. The Morgan fingerprint density at radius 1 is 1.26 bits per heavy atom. The minimum Gasteiger partial charge on any atom is -0.330 e. The van der Waals surface area contributed by atoms with Gasteiger partial charge in [-0.15, -0.1) is 21.5 Å². The first kappa shape index (κ1) is 19.8. The lowest BCUT2D eigenvalue weighted by Crippen LogP contribution is -2.27. The molecule has 0 unspecified atom stereocenters. The third-order valence-electron chi connectivity index (χ3n) is 3.98. The normalized spacial score (nSPS) is 10.8. The van der Waals surface area contributed by atoms with Gasteiger partial charge in [0.25, 0.3) is 0 Å². The molecule has 2 aromatic heterocycles. The highest BCUT2D eigenvalue weighted by Crippen LogP contribution is 2.31. The van der Waals surface area contributed by atoms with Crippen molar-refractivity contribution in [1.82, 2.24) is 15.2 Å². The number of anilines is 3. The van der Waals surface area contributed by atoms with E-state index in [0.717, 1.165) is 26.0 Å². The lowest BCUT2D eigenvalue weighted by atomic mass is 10.1. The summed E-state index contributed by atoms with van der Waals surface area (Å²) >= 11 is 4.61. The Balaban J connectivity index is 1.59. The summed E-state index contributed by atoms with van der Waals surface area (Å²) < 4.78 is 0.884. The molecule has 2 heterocycles. The van der Waals surface area contributed by atoms with Gasteiger partial charge in [0.1, 0.15) is 0 Å². The predicted octanol–water partition coefficient (Wildman–Crippen LogP) is 5.02. The predicted molar refractivity (Wildman–Crippen MR) is 114 cm³/mol. The van der Waals surface area contributed by atoms with Crippen molar-refractivity contribution in [2.45, 2.75) is 37.8 Å². The van der Waals surface area contributed by atoms with Crippen molar-refractivity contribution in [2.24, 2.45) is 0 Å². The number of nitrogens with zero attached hydrogens (tertiary/aromatic N) is 4. The molecular formula is C18H21N5OS3. The van der Waals surface area contributed by atoms with Crippen molar-refractivity contribution in [3.63, 3.8) is 0 Å². The lowest BCUT2D eigenvalue weighted by molar-refractivity contribution is -0.116. The van der Waals surface area contributed by atoms with Gasteiger partial charge in [-0.2, -0.15) is 0 Å². The SMILES string of the molecule is CCN(C(C)=O)c1nc(CSc2nnc(Nc3ccc(C)c(C)c3)s2)cs1. The number of nitrogens with one attached hydrogen (secondary N) is 1. The zero-order valence-corrected chi connectivity index (χ0v) is 18.1. The number of carbonyl (C=O) groups is 1. The van der Waals surface area contributed by atoms with Crippen LogP contribution in [0.5, 0.6) is 0 Å². The standard InChI is InChI=1S/C18H21N5OS3/c1-5-23(13(4)24)17-20-15(9-25-17)10-26-18-22-21-16(27-18)19-14-7-6-11(2)12(3)8-14/h6-9H,5,10H2,1-4H3,(H,19,21). The second-order valence-corrected chi connectivity index (χ2v) is 9.01. The first-order chi connectivity index (χ1) is 13.0. The van der Waals surface area contributed by atoms with Crippen molar-refractivity contribution in [1.29, 1.82) is 0 Å². The average molecular weight is 420 g/mol. The van der Waals surface area contributed by atoms with Gasteiger partial charge in [0, 0.05) is 30.3 Å². The zero-order valence-electron chi connectivity index (χ0n) is 15.6. The summed E-state index contributed by atoms with van der Waals surface area (Å²) in [6.45, 7) is 8.32. The van der Waals surface area contributed by atoms with Gasteiger partial charge < -0.3 is 5.32 Å². The largest absolute Gasteiger partial charge is 0.330 e. The summed E-state index contributed by atoms with van der Waals surface area (Å²) in [6.07, 6.45) is 0. The van der Waals surface area contributed by atoms with E-state index in [4.69, 9.17) is 0 Å². The molecule has 0 saturated carbocycles. The third-order valence-corrected chi connectivity index (χ3v) is 6.89. The fraction of sp³-hybridized carbons (Fsp3) is 0.333. The van der Waals surface area contributed by atoms with Crippen LogP contribution in [0.2, 0.25) is 0 Å². The quantitative estimate of drug-likeness (QED) is 0.542. The van der Waals surface area contributed by atoms with E-state index in [1.165, 1.54) is 33.8 Å². The number of rotatable bonds is 7. The summed E-state index contributed by atoms with van der Waals surface area (Å²) in [6, 6.07) is 6.24. The van der Waals surface area contributed by atoms with Gasteiger partial charge in [-0.25, -0.2) is 4.98 Å². The van der Waals surface area contributed by atoms with E-state index >= 15 is 0 Å². The topological polar surface area (TPSA) is 71.0 Å². The number of hydrogen-bond acceptors (Lipinski definition) is 8. The van der Waals surface area contributed by atoms with E-state index in [1.54, 1.807) is 23.6 Å². The van der Waals surface area contributed by atoms with Crippen molar-refractivity contribution in [2.75, 3.05) is 16.8 Å². The molecule has 3 aromatic rings. The maximum Gasteiger partial charge on any atom is 0.225 e. The Labute approximate surface area is 171 Å². The summed E-state index contributed by atoms with van der Waals surface area (Å²) in [4.78, 5) is 17.9. The van der Waals surface area contributed by atoms with Crippen molar-refractivity contribution >= 4 is 56.3 Å².